The minimum atomic E-state index is -1.08. The van der Waals surface area contributed by atoms with E-state index in [0.717, 1.165) is 16.7 Å². The highest BCUT2D eigenvalue weighted by Gasteiger charge is 2.31. The monoisotopic (exact) mass is 203 g/mol. The lowest BCUT2D eigenvalue weighted by Gasteiger charge is -2.09. The number of nitrogens with zero attached hydrogens (tertiary/aromatic N) is 1. The minimum absolute atomic E-state index is 0.257. The van der Waals surface area contributed by atoms with Crippen LogP contribution in [0.15, 0.2) is 11.5 Å². The van der Waals surface area contributed by atoms with Crippen molar-refractivity contribution in [3.8, 4) is 0 Å². The predicted molar refractivity (Wildman–Crippen MR) is 48.7 cm³/mol. The number of thiocarbonyl (C=S) groups is 1. The zero-order chi connectivity index (χ0) is 9.30. The molecule has 0 radical (unpaired) electrons. The molecule has 0 saturated carbocycles. The Balaban J connectivity index is 2.77. The Bertz CT molecular complexity index is 287. The Kier molecular flexibility index (Phi) is 2.49. The van der Waals surface area contributed by atoms with Crippen LogP contribution in [0.4, 0.5) is 0 Å². The summed E-state index contributed by atoms with van der Waals surface area (Å²) in [4.78, 5) is 22.7. The lowest BCUT2D eigenvalue weighted by Crippen LogP contribution is -2.33. The van der Waals surface area contributed by atoms with Gasteiger partial charge in [0.05, 0.1) is 4.91 Å². The van der Waals surface area contributed by atoms with Gasteiger partial charge in [-0.05, 0) is 0 Å². The summed E-state index contributed by atoms with van der Waals surface area (Å²) in [5, 5.41) is 8.40. The second-order valence-electron chi connectivity index (χ2n) is 2.08. The third-order valence-electron chi connectivity index (χ3n) is 1.21. The minimum Gasteiger partial charge on any atom is -0.480 e. The van der Waals surface area contributed by atoms with Crippen molar-refractivity contribution in [2.24, 2.45) is 0 Å². The van der Waals surface area contributed by atoms with Crippen LogP contribution in [-0.4, -0.2) is 32.7 Å². The molecule has 0 aliphatic carbocycles. The molecule has 0 aromatic carbocycles. The molecule has 1 aliphatic heterocycles. The van der Waals surface area contributed by atoms with Crippen LogP contribution in [0.1, 0.15) is 0 Å². The Morgan fingerprint density at radius 2 is 2.33 bits per heavy atom. The predicted octanol–water partition coefficient (Wildman–Crippen LogP) is 0.445. The summed E-state index contributed by atoms with van der Waals surface area (Å²) in [5.74, 6) is -1.49. The van der Waals surface area contributed by atoms with Crippen molar-refractivity contribution in [3.05, 3.63) is 11.5 Å². The number of carbonyl (C=O) groups excluding carboxylic acids is 1. The van der Waals surface area contributed by atoms with Crippen LogP contribution in [-0.2, 0) is 9.59 Å². The number of hydrogen-bond donors (Lipinski definition) is 1. The third-order valence-corrected chi connectivity index (χ3v) is 2.49. The first-order valence-electron chi connectivity index (χ1n) is 2.96. The number of hydrogen-bond acceptors (Lipinski definition) is 4. The average molecular weight is 203 g/mol. The number of thioether (sulfide) groups is 1. The average Bonchev–Trinajstić information content (AvgIpc) is 2.16. The first-order chi connectivity index (χ1) is 5.52. The second kappa shape index (κ2) is 3.24. The van der Waals surface area contributed by atoms with Crippen molar-refractivity contribution < 1.29 is 14.7 Å². The molecule has 12 heavy (non-hydrogen) atoms. The molecular formula is C6H5NO3S2. The Morgan fingerprint density at radius 3 is 2.67 bits per heavy atom. The zero-order valence-corrected chi connectivity index (χ0v) is 7.57. The summed E-state index contributed by atoms with van der Waals surface area (Å²) in [6.45, 7) is 3.05. The standard InChI is InChI=1S/C6H5NO3S2/c1-3-5(10)7(2-4(8)9)6(11)12-3/h1-2H2,(H,8,9). The number of carbonyl (C=O) groups is 2. The molecule has 1 rings (SSSR count). The van der Waals surface area contributed by atoms with Crippen LogP contribution < -0.4 is 0 Å². The van der Waals surface area contributed by atoms with Crippen molar-refractivity contribution in [2.75, 3.05) is 6.54 Å². The first-order valence-corrected chi connectivity index (χ1v) is 4.19. The van der Waals surface area contributed by atoms with Crippen LogP contribution in [0, 0.1) is 0 Å². The van der Waals surface area contributed by atoms with E-state index in [4.69, 9.17) is 17.3 Å². The smallest absolute Gasteiger partial charge is 0.323 e. The van der Waals surface area contributed by atoms with Crippen molar-refractivity contribution in [1.82, 2.24) is 4.90 Å². The molecule has 6 heteroatoms. The second-order valence-corrected chi connectivity index (χ2v) is 3.80. The molecule has 0 aromatic rings. The summed E-state index contributed by atoms with van der Waals surface area (Å²) in [6.07, 6.45) is 0. The van der Waals surface area contributed by atoms with Gasteiger partial charge in [0.15, 0.2) is 0 Å². The van der Waals surface area contributed by atoms with Crippen LogP contribution in [0.25, 0.3) is 0 Å². The molecule has 0 unspecified atom stereocenters. The Labute approximate surface area is 78.2 Å². The molecule has 0 atom stereocenters. The fraction of sp³-hybridized carbons (Fsp3) is 0.167. The van der Waals surface area contributed by atoms with Crippen LogP contribution in [0.5, 0.6) is 0 Å². The van der Waals surface area contributed by atoms with Gasteiger partial charge in [-0.2, -0.15) is 0 Å². The summed E-state index contributed by atoms with van der Waals surface area (Å²) in [7, 11) is 0. The number of carboxylic acids is 1. The molecule has 1 saturated heterocycles. The van der Waals surface area contributed by atoms with Crippen LogP contribution >= 0.6 is 24.0 Å². The van der Waals surface area contributed by atoms with Crippen molar-refractivity contribution in [2.45, 2.75) is 0 Å². The Hall–Kier alpha value is -0.880. The summed E-state index contributed by atoms with van der Waals surface area (Å²) < 4.78 is 0.257. The topological polar surface area (TPSA) is 57.6 Å². The Morgan fingerprint density at radius 1 is 1.75 bits per heavy atom. The van der Waals surface area contributed by atoms with E-state index in [1.54, 1.807) is 0 Å². The highest BCUT2D eigenvalue weighted by atomic mass is 32.2. The molecule has 1 amide bonds. The summed E-state index contributed by atoms with van der Waals surface area (Å²) in [6, 6.07) is 0. The van der Waals surface area contributed by atoms with Gasteiger partial charge in [-0.1, -0.05) is 30.6 Å². The number of aliphatic carboxylic acids is 1. The highest BCUT2D eigenvalue weighted by Crippen LogP contribution is 2.28. The van der Waals surface area contributed by atoms with E-state index in [0.29, 0.717) is 0 Å². The molecule has 1 fully saturated rings. The molecule has 64 valence electrons. The lowest BCUT2D eigenvalue weighted by atomic mass is 10.5. The van der Waals surface area contributed by atoms with Crippen molar-refractivity contribution in [3.63, 3.8) is 0 Å². The maximum absolute atomic E-state index is 11.1. The van der Waals surface area contributed by atoms with E-state index in [2.05, 4.69) is 6.58 Å². The zero-order valence-electron chi connectivity index (χ0n) is 5.94. The van der Waals surface area contributed by atoms with Crippen molar-refractivity contribution in [1.29, 1.82) is 0 Å². The van der Waals surface area contributed by atoms with E-state index in [1.807, 2.05) is 0 Å². The number of rotatable bonds is 2. The largest absolute Gasteiger partial charge is 0.480 e. The van der Waals surface area contributed by atoms with Gasteiger partial charge in [-0.3, -0.25) is 14.5 Å². The number of amides is 1. The fourth-order valence-electron chi connectivity index (χ4n) is 0.709. The van der Waals surface area contributed by atoms with Gasteiger partial charge >= 0.3 is 5.97 Å². The highest BCUT2D eigenvalue weighted by molar-refractivity contribution is 8.26. The fourth-order valence-corrected chi connectivity index (χ4v) is 1.82. The van der Waals surface area contributed by atoms with E-state index >= 15 is 0 Å². The molecular weight excluding hydrogens is 198 g/mol. The summed E-state index contributed by atoms with van der Waals surface area (Å²) in [5.41, 5.74) is 0. The molecule has 0 bridgehead atoms. The molecule has 0 aromatic heterocycles. The summed E-state index contributed by atoms with van der Waals surface area (Å²) >= 11 is 5.79. The normalized spacial score (nSPS) is 17.3. The molecule has 0 spiro atoms. The number of carboxylic acid groups (broad SMARTS) is 1. The third kappa shape index (κ3) is 1.64. The van der Waals surface area contributed by atoms with Gasteiger partial charge in [0.25, 0.3) is 5.91 Å². The molecule has 1 N–H and O–H groups in total. The van der Waals surface area contributed by atoms with E-state index < -0.39 is 11.9 Å². The van der Waals surface area contributed by atoms with Crippen molar-refractivity contribution >= 4 is 40.2 Å². The van der Waals surface area contributed by atoms with E-state index in [9.17, 15) is 9.59 Å². The van der Waals surface area contributed by atoms with Crippen LogP contribution in [0.3, 0.4) is 0 Å². The van der Waals surface area contributed by atoms with Gasteiger partial charge in [0.2, 0.25) is 0 Å². The quantitative estimate of drug-likeness (QED) is 0.521. The van der Waals surface area contributed by atoms with Gasteiger partial charge in [0.1, 0.15) is 10.9 Å². The van der Waals surface area contributed by atoms with Crippen LogP contribution in [0.2, 0.25) is 0 Å². The van der Waals surface area contributed by atoms with E-state index in [-0.39, 0.29) is 15.8 Å². The molecule has 1 aliphatic rings. The molecule has 4 nitrogen and oxygen atoms in total. The van der Waals surface area contributed by atoms with Gasteiger partial charge in [-0.15, -0.1) is 0 Å². The van der Waals surface area contributed by atoms with Gasteiger partial charge < -0.3 is 5.11 Å². The molecule has 1 heterocycles. The SMILES string of the molecule is C=C1SC(=S)N(CC(=O)O)C1=O. The van der Waals surface area contributed by atoms with Gasteiger partial charge in [0, 0.05) is 0 Å². The van der Waals surface area contributed by atoms with Gasteiger partial charge in [-0.25, -0.2) is 0 Å². The maximum Gasteiger partial charge on any atom is 0.323 e. The first kappa shape index (κ1) is 9.21. The maximum atomic E-state index is 11.1. The van der Waals surface area contributed by atoms with E-state index in [1.165, 1.54) is 0 Å². The lowest BCUT2D eigenvalue weighted by molar-refractivity contribution is -0.140.